The van der Waals surface area contributed by atoms with Gasteiger partial charge in [0.1, 0.15) is 12.4 Å². The molecule has 0 saturated carbocycles. The number of rotatable bonds is 8. The number of benzene rings is 3. The number of nitrogens with zero attached hydrogens (tertiary/aromatic N) is 1. The molecule has 1 aromatic heterocycles. The molecule has 3 aromatic carbocycles. The smallest absolute Gasteiger partial charge is 0.250 e. The van der Waals surface area contributed by atoms with E-state index in [9.17, 15) is 9.18 Å². The van der Waals surface area contributed by atoms with Crippen LogP contribution in [0.5, 0.6) is 11.5 Å². The minimum atomic E-state index is -0.320. The predicted molar refractivity (Wildman–Crippen MR) is 137 cm³/mol. The number of hydrogen-bond acceptors (Lipinski definition) is 5. The quantitative estimate of drug-likeness (QED) is 0.246. The first-order valence-corrected chi connectivity index (χ1v) is 11.9. The summed E-state index contributed by atoms with van der Waals surface area (Å²) in [5.74, 6) is 0.509. The minimum absolute atomic E-state index is 0.309. The van der Waals surface area contributed by atoms with E-state index in [0.717, 1.165) is 16.7 Å². The van der Waals surface area contributed by atoms with Gasteiger partial charge in [-0.2, -0.15) is 0 Å². The summed E-state index contributed by atoms with van der Waals surface area (Å²) < 4.78 is 25.3. The van der Waals surface area contributed by atoms with Crippen molar-refractivity contribution < 1.29 is 18.7 Å². The van der Waals surface area contributed by atoms with Crippen LogP contribution in [-0.2, 0) is 11.4 Å². The van der Waals surface area contributed by atoms with Crippen molar-refractivity contribution in [2.45, 2.75) is 6.61 Å². The third-order valence-electron chi connectivity index (χ3n) is 4.78. The van der Waals surface area contributed by atoms with Crippen molar-refractivity contribution in [3.63, 3.8) is 0 Å². The van der Waals surface area contributed by atoms with Crippen molar-refractivity contribution in [2.75, 3.05) is 12.4 Å². The van der Waals surface area contributed by atoms with Gasteiger partial charge in [-0.25, -0.2) is 9.37 Å². The first-order chi connectivity index (χ1) is 16.5. The molecule has 0 atom stereocenters. The molecule has 0 spiro atoms. The predicted octanol–water partition coefficient (Wildman–Crippen LogP) is 6.95. The lowest BCUT2D eigenvalue weighted by Crippen LogP contribution is -2.07. The Balaban J connectivity index is 1.41. The fourth-order valence-corrected chi connectivity index (χ4v) is 4.41. The zero-order valence-corrected chi connectivity index (χ0v) is 20.5. The van der Waals surface area contributed by atoms with Crippen LogP contribution in [0.3, 0.4) is 0 Å². The van der Waals surface area contributed by atoms with Gasteiger partial charge in [-0.15, -0.1) is 11.3 Å². The molecule has 0 aliphatic carbocycles. The molecule has 0 aliphatic rings. The van der Waals surface area contributed by atoms with Gasteiger partial charge >= 0.3 is 0 Å². The van der Waals surface area contributed by atoms with Gasteiger partial charge in [0.15, 0.2) is 16.6 Å². The van der Waals surface area contributed by atoms with E-state index in [4.69, 9.17) is 9.47 Å². The normalized spacial score (nSPS) is 10.9. The third-order valence-corrected chi connectivity index (χ3v) is 6.13. The van der Waals surface area contributed by atoms with Crippen LogP contribution in [0.25, 0.3) is 17.3 Å². The average Bonchev–Trinajstić information content (AvgIpc) is 3.31. The van der Waals surface area contributed by atoms with E-state index >= 15 is 0 Å². The number of aromatic nitrogens is 1. The van der Waals surface area contributed by atoms with E-state index in [-0.39, 0.29) is 11.7 Å². The zero-order chi connectivity index (χ0) is 23.9. The molecule has 1 amide bonds. The second-order valence-electron chi connectivity index (χ2n) is 7.18. The molecule has 1 heterocycles. The Labute approximate surface area is 209 Å². The molecule has 0 unspecified atom stereocenters. The highest BCUT2D eigenvalue weighted by molar-refractivity contribution is 9.10. The first-order valence-electron chi connectivity index (χ1n) is 10.3. The van der Waals surface area contributed by atoms with Crippen LogP contribution in [0.1, 0.15) is 11.1 Å². The average molecular weight is 539 g/mol. The zero-order valence-electron chi connectivity index (χ0n) is 18.1. The Kier molecular flexibility index (Phi) is 7.72. The number of halogens is 2. The largest absolute Gasteiger partial charge is 0.493 e. The summed E-state index contributed by atoms with van der Waals surface area (Å²) in [6.07, 6.45) is 3.10. The summed E-state index contributed by atoms with van der Waals surface area (Å²) in [6.45, 7) is 0.404. The number of methoxy groups -OCH3 is 1. The molecule has 0 fully saturated rings. The van der Waals surface area contributed by atoms with Crippen LogP contribution in [0.15, 0.2) is 82.7 Å². The summed E-state index contributed by atoms with van der Waals surface area (Å²) >= 11 is 4.83. The van der Waals surface area contributed by atoms with Crippen molar-refractivity contribution in [3.05, 3.63) is 99.6 Å². The van der Waals surface area contributed by atoms with Gasteiger partial charge in [0, 0.05) is 17.0 Å². The molecule has 8 heteroatoms. The lowest BCUT2D eigenvalue weighted by molar-refractivity contribution is -0.111. The Morgan fingerprint density at radius 2 is 1.91 bits per heavy atom. The number of amides is 1. The second kappa shape index (κ2) is 11.1. The van der Waals surface area contributed by atoms with Gasteiger partial charge < -0.3 is 9.47 Å². The lowest BCUT2D eigenvalue weighted by Gasteiger charge is -2.13. The topological polar surface area (TPSA) is 60.5 Å². The van der Waals surface area contributed by atoms with Crippen molar-refractivity contribution in [2.24, 2.45) is 0 Å². The van der Waals surface area contributed by atoms with Gasteiger partial charge in [-0.1, -0.05) is 30.3 Å². The van der Waals surface area contributed by atoms with E-state index < -0.39 is 0 Å². The SMILES string of the molecule is COc1cc(C=CC(=O)Nc2nc(-c3ccc(F)cc3)cs2)cc(Br)c1OCc1ccccc1. The summed E-state index contributed by atoms with van der Waals surface area (Å²) in [4.78, 5) is 16.8. The van der Waals surface area contributed by atoms with E-state index in [1.807, 2.05) is 41.8 Å². The van der Waals surface area contributed by atoms with Crippen molar-refractivity contribution in [1.29, 1.82) is 0 Å². The molecule has 0 aliphatic heterocycles. The Morgan fingerprint density at radius 1 is 1.15 bits per heavy atom. The van der Waals surface area contributed by atoms with Crippen LogP contribution < -0.4 is 14.8 Å². The first kappa shape index (κ1) is 23.7. The van der Waals surface area contributed by atoms with Crippen LogP contribution in [0.4, 0.5) is 9.52 Å². The van der Waals surface area contributed by atoms with Crippen LogP contribution in [0.2, 0.25) is 0 Å². The van der Waals surface area contributed by atoms with E-state index in [1.165, 1.54) is 29.5 Å². The summed E-state index contributed by atoms with van der Waals surface area (Å²) in [6, 6.07) is 19.5. The van der Waals surface area contributed by atoms with Crippen molar-refractivity contribution in [1.82, 2.24) is 4.98 Å². The summed E-state index contributed by atoms with van der Waals surface area (Å²) in [7, 11) is 1.57. The number of nitrogens with one attached hydrogen (secondary N) is 1. The molecular weight excluding hydrogens is 519 g/mol. The molecule has 5 nitrogen and oxygen atoms in total. The van der Waals surface area contributed by atoms with E-state index in [0.29, 0.717) is 33.4 Å². The number of thiazole rings is 1. The highest BCUT2D eigenvalue weighted by atomic mass is 79.9. The van der Waals surface area contributed by atoms with Gasteiger partial charge in [0.05, 0.1) is 17.3 Å². The second-order valence-corrected chi connectivity index (χ2v) is 8.89. The molecule has 1 N–H and O–H groups in total. The fraction of sp³-hybridized carbons (Fsp3) is 0.0769. The number of carbonyl (C=O) groups excluding carboxylic acids is 1. The molecule has 34 heavy (non-hydrogen) atoms. The van der Waals surface area contributed by atoms with Crippen molar-refractivity contribution in [3.8, 4) is 22.8 Å². The molecular formula is C26H20BrFN2O3S. The Hall–Kier alpha value is -3.49. The lowest BCUT2D eigenvalue weighted by atomic mass is 10.2. The molecule has 0 bridgehead atoms. The van der Waals surface area contributed by atoms with Crippen molar-refractivity contribution >= 4 is 44.4 Å². The van der Waals surface area contributed by atoms with Gasteiger partial charge in [0.2, 0.25) is 5.91 Å². The number of hydrogen-bond donors (Lipinski definition) is 1. The molecule has 4 rings (SSSR count). The number of carbonyl (C=O) groups is 1. The maximum atomic E-state index is 13.1. The van der Waals surface area contributed by atoms with Gasteiger partial charge in [0.25, 0.3) is 0 Å². The fourth-order valence-electron chi connectivity index (χ4n) is 3.11. The summed E-state index contributed by atoms with van der Waals surface area (Å²) in [5, 5.41) is 5.01. The van der Waals surface area contributed by atoms with Gasteiger partial charge in [-0.3, -0.25) is 10.1 Å². The molecule has 172 valence electrons. The highest BCUT2D eigenvalue weighted by Gasteiger charge is 2.12. The Bertz CT molecular complexity index is 1310. The molecule has 4 aromatic rings. The monoisotopic (exact) mass is 538 g/mol. The standard InChI is InChI=1S/C26H20BrFN2O3S/c1-32-23-14-18(13-21(27)25(23)33-15-17-5-3-2-4-6-17)7-12-24(31)30-26-29-22(16-34-26)19-8-10-20(28)11-9-19/h2-14,16H,15H2,1H3,(H,29,30,31). The van der Waals surface area contributed by atoms with Crippen LogP contribution in [-0.4, -0.2) is 18.0 Å². The van der Waals surface area contributed by atoms with Gasteiger partial charge in [-0.05, 0) is 69.5 Å². The number of anilines is 1. The Morgan fingerprint density at radius 3 is 2.65 bits per heavy atom. The van der Waals surface area contributed by atoms with E-state index in [2.05, 4.69) is 26.2 Å². The molecule has 0 radical (unpaired) electrons. The summed E-state index contributed by atoms with van der Waals surface area (Å²) in [5.41, 5.74) is 3.25. The maximum absolute atomic E-state index is 13.1. The van der Waals surface area contributed by atoms with E-state index in [1.54, 1.807) is 31.4 Å². The molecule has 0 saturated heterocycles. The maximum Gasteiger partial charge on any atom is 0.250 e. The third kappa shape index (κ3) is 6.09. The minimum Gasteiger partial charge on any atom is -0.493 e. The van der Waals surface area contributed by atoms with Crippen LogP contribution >= 0.6 is 27.3 Å². The highest BCUT2D eigenvalue weighted by Crippen LogP contribution is 2.37. The van der Waals surface area contributed by atoms with Crippen LogP contribution in [0, 0.1) is 5.82 Å². The number of ether oxygens (including phenoxy) is 2.